The van der Waals surface area contributed by atoms with Crippen LogP contribution < -0.4 is 11.4 Å². The van der Waals surface area contributed by atoms with E-state index in [2.05, 4.69) is 23.2 Å². The molecule has 5 rings (SSSR count). The Labute approximate surface area is 180 Å². The third-order valence-corrected chi connectivity index (χ3v) is 6.20. The highest BCUT2D eigenvalue weighted by Gasteiger charge is 2.29. The molecule has 0 aliphatic heterocycles. The van der Waals surface area contributed by atoms with Gasteiger partial charge in [-0.25, -0.2) is 4.79 Å². The van der Waals surface area contributed by atoms with Crippen molar-refractivity contribution in [1.29, 1.82) is 0 Å². The first-order valence-electron chi connectivity index (χ1n) is 11.0. The SMILES string of the molecule is NCc1ccc2c(CCCCO)c(Cn3c(=O)n(C4CC4)c4ccncc43)ncc2c1. The third kappa shape index (κ3) is 3.64. The summed E-state index contributed by atoms with van der Waals surface area (Å²) in [7, 11) is 0. The fourth-order valence-corrected chi connectivity index (χ4v) is 4.45. The first kappa shape index (κ1) is 19.9. The maximum atomic E-state index is 13.3. The summed E-state index contributed by atoms with van der Waals surface area (Å²) in [5.74, 6) is 0. The van der Waals surface area contributed by atoms with Gasteiger partial charge in [0.2, 0.25) is 0 Å². The monoisotopic (exact) mass is 417 g/mol. The summed E-state index contributed by atoms with van der Waals surface area (Å²) in [6.45, 7) is 1.06. The van der Waals surface area contributed by atoms with Gasteiger partial charge in [0.25, 0.3) is 0 Å². The van der Waals surface area contributed by atoms with E-state index < -0.39 is 0 Å². The number of aromatic nitrogens is 4. The molecule has 7 heteroatoms. The molecule has 3 N–H and O–H groups in total. The lowest BCUT2D eigenvalue weighted by Crippen LogP contribution is -2.25. The van der Waals surface area contributed by atoms with Gasteiger partial charge in [0.1, 0.15) is 0 Å². The molecule has 0 bridgehead atoms. The van der Waals surface area contributed by atoms with Gasteiger partial charge in [-0.2, -0.15) is 0 Å². The summed E-state index contributed by atoms with van der Waals surface area (Å²) >= 11 is 0. The Bertz CT molecular complexity index is 1300. The predicted octanol–water partition coefficient (Wildman–Crippen LogP) is 2.90. The van der Waals surface area contributed by atoms with Crippen molar-refractivity contribution in [2.24, 2.45) is 5.73 Å². The van der Waals surface area contributed by atoms with E-state index in [1.54, 1.807) is 17.0 Å². The van der Waals surface area contributed by atoms with Crippen LogP contribution in [0.1, 0.15) is 48.5 Å². The number of nitrogens with two attached hydrogens (primary N) is 1. The third-order valence-electron chi connectivity index (χ3n) is 6.20. The van der Waals surface area contributed by atoms with Crippen molar-refractivity contribution >= 4 is 21.8 Å². The van der Waals surface area contributed by atoms with Crippen LogP contribution in [0.4, 0.5) is 0 Å². The molecule has 1 fully saturated rings. The largest absolute Gasteiger partial charge is 0.396 e. The molecular formula is C24H27N5O2. The van der Waals surface area contributed by atoms with Crippen LogP contribution >= 0.6 is 0 Å². The predicted molar refractivity (Wildman–Crippen MR) is 121 cm³/mol. The van der Waals surface area contributed by atoms with E-state index in [4.69, 9.17) is 10.7 Å². The number of fused-ring (bicyclic) bond motifs is 2. The van der Waals surface area contributed by atoms with E-state index in [0.29, 0.717) is 19.1 Å². The minimum atomic E-state index is 0.00665. The van der Waals surface area contributed by atoms with Crippen LogP contribution in [0.5, 0.6) is 0 Å². The van der Waals surface area contributed by atoms with Gasteiger partial charge in [0.15, 0.2) is 0 Å². The van der Waals surface area contributed by atoms with Crippen molar-refractivity contribution in [2.45, 2.75) is 51.2 Å². The summed E-state index contributed by atoms with van der Waals surface area (Å²) in [5, 5.41) is 11.5. The zero-order valence-corrected chi connectivity index (χ0v) is 17.5. The Hall–Kier alpha value is -3.03. The number of nitrogens with zero attached hydrogens (tertiary/aromatic N) is 4. The van der Waals surface area contributed by atoms with E-state index in [-0.39, 0.29) is 12.3 Å². The number of hydrogen-bond donors (Lipinski definition) is 2. The second-order valence-corrected chi connectivity index (χ2v) is 8.32. The number of benzene rings is 1. The van der Waals surface area contributed by atoms with Crippen LogP contribution in [0, 0.1) is 0 Å². The van der Waals surface area contributed by atoms with E-state index in [1.807, 2.05) is 16.8 Å². The molecule has 3 heterocycles. The van der Waals surface area contributed by atoms with Gasteiger partial charge in [0.05, 0.1) is 29.5 Å². The fourth-order valence-electron chi connectivity index (χ4n) is 4.45. The number of rotatable bonds is 8. The van der Waals surface area contributed by atoms with E-state index in [9.17, 15) is 9.90 Å². The molecule has 0 spiro atoms. The second-order valence-electron chi connectivity index (χ2n) is 8.32. The topological polar surface area (TPSA) is 99.0 Å². The van der Waals surface area contributed by atoms with Crippen molar-refractivity contribution < 1.29 is 5.11 Å². The van der Waals surface area contributed by atoms with Gasteiger partial charge in [-0.05, 0) is 60.7 Å². The Morgan fingerprint density at radius 2 is 2.00 bits per heavy atom. The number of aliphatic hydroxyl groups excluding tert-OH is 1. The van der Waals surface area contributed by atoms with Gasteiger partial charge in [-0.1, -0.05) is 12.1 Å². The summed E-state index contributed by atoms with van der Waals surface area (Å²) in [6.07, 6.45) is 9.89. The van der Waals surface area contributed by atoms with Gasteiger partial charge in [-0.3, -0.25) is 19.1 Å². The zero-order valence-electron chi connectivity index (χ0n) is 17.5. The summed E-state index contributed by atoms with van der Waals surface area (Å²) < 4.78 is 3.72. The molecule has 0 unspecified atom stereocenters. The lowest BCUT2D eigenvalue weighted by atomic mass is 9.98. The molecule has 1 saturated carbocycles. The number of aliphatic hydroxyl groups is 1. The van der Waals surface area contributed by atoms with E-state index in [0.717, 1.165) is 70.7 Å². The Morgan fingerprint density at radius 1 is 1.13 bits per heavy atom. The van der Waals surface area contributed by atoms with Crippen molar-refractivity contribution in [3.8, 4) is 0 Å². The number of pyridine rings is 2. The summed E-state index contributed by atoms with van der Waals surface area (Å²) in [4.78, 5) is 22.4. The molecule has 7 nitrogen and oxygen atoms in total. The maximum Gasteiger partial charge on any atom is 0.329 e. The molecule has 4 aromatic rings. The van der Waals surface area contributed by atoms with Gasteiger partial charge >= 0.3 is 5.69 Å². The molecule has 0 amide bonds. The van der Waals surface area contributed by atoms with Gasteiger partial charge < -0.3 is 10.8 Å². The van der Waals surface area contributed by atoms with Crippen LogP contribution in [0.25, 0.3) is 21.8 Å². The Kier molecular flexibility index (Phi) is 5.29. The van der Waals surface area contributed by atoms with Crippen LogP contribution in [-0.2, 0) is 19.5 Å². The van der Waals surface area contributed by atoms with Gasteiger partial charge in [0, 0.05) is 37.0 Å². The molecule has 0 atom stereocenters. The standard InChI is InChI=1S/C24H27N5O2/c25-12-16-4-7-19-17(11-16)13-27-21(20(19)3-1-2-10-30)15-28-23-14-26-9-8-22(23)29(24(28)31)18-5-6-18/h4,7-9,11,13-14,18,30H,1-3,5-6,10,12,15,25H2. The highest BCUT2D eigenvalue weighted by molar-refractivity contribution is 5.86. The summed E-state index contributed by atoms with van der Waals surface area (Å²) in [5.41, 5.74) is 10.7. The summed E-state index contributed by atoms with van der Waals surface area (Å²) in [6, 6.07) is 8.46. The van der Waals surface area contributed by atoms with E-state index >= 15 is 0 Å². The Balaban J connectivity index is 1.63. The molecule has 0 saturated heterocycles. The highest BCUT2D eigenvalue weighted by atomic mass is 16.2. The average molecular weight is 418 g/mol. The molecule has 1 aliphatic rings. The second kappa shape index (κ2) is 8.24. The lowest BCUT2D eigenvalue weighted by molar-refractivity contribution is 0.284. The number of aryl methyl sites for hydroxylation is 1. The normalized spacial score (nSPS) is 14.0. The maximum absolute atomic E-state index is 13.3. The molecular weight excluding hydrogens is 390 g/mol. The van der Waals surface area contributed by atoms with Crippen molar-refractivity contribution in [3.05, 3.63) is 70.2 Å². The average Bonchev–Trinajstić information content (AvgIpc) is 3.59. The molecule has 3 aromatic heterocycles. The first-order chi connectivity index (χ1) is 15.2. The fraction of sp³-hybridized carbons (Fsp3) is 0.375. The van der Waals surface area contributed by atoms with Gasteiger partial charge in [-0.15, -0.1) is 0 Å². The first-order valence-corrected chi connectivity index (χ1v) is 11.0. The van der Waals surface area contributed by atoms with E-state index in [1.165, 1.54) is 0 Å². The van der Waals surface area contributed by atoms with Crippen LogP contribution in [-0.4, -0.2) is 30.8 Å². The van der Waals surface area contributed by atoms with Crippen LogP contribution in [0.3, 0.4) is 0 Å². The van der Waals surface area contributed by atoms with Crippen molar-refractivity contribution in [3.63, 3.8) is 0 Å². The number of hydrogen-bond acceptors (Lipinski definition) is 5. The van der Waals surface area contributed by atoms with Crippen molar-refractivity contribution in [2.75, 3.05) is 6.61 Å². The number of imidazole rings is 1. The zero-order chi connectivity index (χ0) is 21.4. The minimum Gasteiger partial charge on any atom is -0.396 e. The quantitative estimate of drug-likeness (QED) is 0.430. The van der Waals surface area contributed by atoms with Crippen LogP contribution in [0.15, 0.2) is 47.7 Å². The number of unbranched alkanes of at least 4 members (excludes halogenated alkanes) is 1. The minimum absolute atomic E-state index is 0.00665. The Morgan fingerprint density at radius 3 is 2.77 bits per heavy atom. The molecule has 1 aromatic carbocycles. The molecule has 160 valence electrons. The molecule has 0 radical (unpaired) electrons. The van der Waals surface area contributed by atoms with Crippen LogP contribution in [0.2, 0.25) is 0 Å². The molecule has 1 aliphatic carbocycles. The van der Waals surface area contributed by atoms with Crippen molar-refractivity contribution in [1.82, 2.24) is 19.1 Å². The highest BCUT2D eigenvalue weighted by Crippen LogP contribution is 2.36. The molecule has 31 heavy (non-hydrogen) atoms. The smallest absolute Gasteiger partial charge is 0.329 e. The lowest BCUT2D eigenvalue weighted by Gasteiger charge is -2.14.